The number of rotatable bonds is 9. The Morgan fingerprint density at radius 2 is 1.67 bits per heavy atom. The van der Waals surface area contributed by atoms with Crippen LogP contribution >= 0.6 is 0 Å². The van der Waals surface area contributed by atoms with Gasteiger partial charge in [-0.25, -0.2) is 4.89 Å². The number of aliphatic hydroxyl groups excluding tert-OH is 4. The van der Waals surface area contributed by atoms with E-state index in [-0.39, 0.29) is 41.3 Å². The molecule has 5 aliphatic carbocycles. The lowest BCUT2D eigenvalue weighted by molar-refractivity contribution is -0.309. The first-order valence-electron chi connectivity index (χ1n) is 17.2. The number of ether oxygens (including phenoxy) is 2. The Hall–Kier alpha value is -1.11. The molecule has 1 aliphatic heterocycles. The maximum absolute atomic E-state index is 13.2. The molecule has 6 N–H and O–H groups in total. The summed E-state index contributed by atoms with van der Waals surface area (Å²) in [5.74, 6) is 0.109. The predicted molar refractivity (Wildman–Crippen MR) is 164 cm³/mol. The fourth-order valence-corrected chi connectivity index (χ4v) is 12.6. The molecule has 16 atom stereocenters. The van der Waals surface area contributed by atoms with Crippen LogP contribution in [0.2, 0.25) is 0 Å². The number of carbonyl (C=O) groups is 1. The van der Waals surface area contributed by atoms with E-state index in [0.29, 0.717) is 24.2 Å². The molecule has 5 saturated carbocycles. The molecule has 10 nitrogen and oxygen atoms in total. The second-order valence-corrected chi connectivity index (χ2v) is 16.7. The highest BCUT2D eigenvalue weighted by Crippen LogP contribution is 2.89. The van der Waals surface area contributed by atoms with Crippen molar-refractivity contribution in [2.24, 2.45) is 50.7 Å². The summed E-state index contributed by atoms with van der Waals surface area (Å²) in [5.41, 5.74) is -0.899. The second kappa shape index (κ2) is 11.2. The van der Waals surface area contributed by atoms with Crippen molar-refractivity contribution in [3.63, 3.8) is 0 Å². The third kappa shape index (κ3) is 4.45. The Kier molecular flexibility index (Phi) is 8.42. The van der Waals surface area contributed by atoms with Gasteiger partial charge in [-0.3, -0.25) is 10.1 Å². The number of carboxylic acid groups (broad SMARTS) is 1. The van der Waals surface area contributed by atoms with Crippen molar-refractivity contribution in [1.82, 2.24) is 0 Å². The third-order valence-corrected chi connectivity index (χ3v) is 15.3. The normalized spacial score (nSPS) is 53.3. The van der Waals surface area contributed by atoms with E-state index in [2.05, 4.69) is 27.4 Å². The van der Waals surface area contributed by atoms with E-state index in [9.17, 15) is 35.6 Å². The van der Waals surface area contributed by atoms with Crippen LogP contribution < -0.4 is 0 Å². The van der Waals surface area contributed by atoms with E-state index in [1.54, 1.807) is 6.92 Å². The Labute approximate surface area is 267 Å². The number of fused-ring (bicyclic) bond motifs is 2. The molecule has 0 amide bonds. The first-order valence-corrected chi connectivity index (χ1v) is 17.2. The minimum Gasteiger partial charge on any atom is -0.481 e. The molecule has 0 aromatic rings. The van der Waals surface area contributed by atoms with Gasteiger partial charge in [-0.05, 0) is 117 Å². The molecule has 45 heavy (non-hydrogen) atoms. The summed E-state index contributed by atoms with van der Waals surface area (Å²) in [6.45, 7) is 14.6. The molecule has 2 spiro atoms. The molecule has 10 heteroatoms. The number of aliphatic hydroxyl groups is 4. The van der Waals surface area contributed by atoms with E-state index in [0.717, 1.165) is 56.9 Å². The smallest absolute Gasteiger partial charge is 0.312 e. The Balaban J connectivity index is 1.25. The Morgan fingerprint density at radius 3 is 2.31 bits per heavy atom. The van der Waals surface area contributed by atoms with E-state index in [4.69, 9.17) is 14.4 Å². The monoisotopic (exact) mass is 636 g/mol. The van der Waals surface area contributed by atoms with Crippen molar-refractivity contribution >= 4 is 5.97 Å². The van der Waals surface area contributed by atoms with Gasteiger partial charge < -0.3 is 35.0 Å². The highest BCUT2D eigenvalue weighted by molar-refractivity contribution is 5.76. The number of hydrogen-bond acceptors (Lipinski definition) is 9. The third-order valence-electron chi connectivity index (χ3n) is 15.3. The molecule has 6 aliphatic rings. The lowest BCUT2D eigenvalue weighted by atomic mass is 9.41. The molecular formula is C35H56O10. The van der Waals surface area contributed by atoms with E-state index < -0.39 is 53.6 Å². The minimum absolute atomic E-state index is 0.0730. The van der Waals surface area contributed by atoms with Crippen molar-refractivity contribution in [1.29, 1.82) is 0 Å². The summed E-state index contributed by atoms with van der Waals surface area (Å²) < 4.78 is 11.7. The molecular weight excluding hydrogens is 580 g/mol. The topological polar surface area (TPSA) is 166 Å². The maximum atomic E-state index is 13.2. The first-order chi connectivity index (χ1) is 21.0. The first kappa shape index (κ1) is 33.8. The quantitative estimate of drug-likeness (QED) is 0.0938. The Morgan fingerprint density at radius 1 is 0.978 bits per heavy atom. The van der Waals surface area contributed by atoms with Crippen LogP contribution in [0.5, 0.6) is 0 Å². The molecule has 0 aromatic heterocycles. The average molecular weight is 637 g/mol. The zero-order chi connectivity index (χ0) is 32.9. The fraction of sp³-hybridized carbons (Fsp3) is 0.914. The van der Waals surface area contributed by atoms with Crippen LogP contribution in [0.25, 0.3) is 0 Å². The lowest BCUT2D eigenvalue weighted by Gasteiger charge is -2.64. The fourth-order valence-electron chi connectivity index (χ4n) is 12.6. The largest absolute Gasteiger partial charge is 0.481 e. The van der Waals surface area contributed by atoms with E-state index in [1.807, 2.05) is 6.92 Å². The van der Waals surface area contributed by atoms with Crippen LogP contribution in [0.3, 0.4) is 0 Å². The molecule has 1 heterocycles. The number of hydrogen-bond donors (Lipinski definition) is 6. The lowest BCUT2D eigenvalue weighted by Crippen LogP contribution is -2.65. The number of carboxylic acids is 1. The van der Waals surface area contributed by atoms with Gasteiger partial charge in [0.15, 0.2) is 6.29 Å². The van der Waals surface area contributed by atoms with Gasteiger partial charge in [-0.15, -0.1) is 0 Å². The highest BCUT2D eigenvalue weighted by atomic mass is 17.1. The molecule has 6 rings (SSSR count). The van der Waals surface area contributed by atoms with Gasteiger partial charge in [0.2, 0.25) is 0 Å². The van der Waals surface area contributed by atoms with Crippen LogP contribution in [0, 0.1) is 50.7 Å². The molecule has 0 bridgehead atoms. The molecule has 256 valence electrons. The van der Waals surface area contributed by atoms with Crippen LogP contribution in [0.4, 0.5) is 0 Å². The summed E-state index contributed by atoms with van der Waals surface area (Å²) in [6.07, 6.45) is 0.937. The van der Waals surface area contributed by atoms with Crippen molar-refractivity contribution in [3.8, 4) is 0 Å². The summed E-state index contributed by atoms with van der Waals surface area (Å²) in [6, 6.07) is 0. The predicted octanol–water partition coefficient (Wildman–Crippen LogP) is 4.14. The van der Waals surface area contributed by atoms with Gasteiger partial charge in [0.1, 0.15) is 24.4 Å². The van der Waals surface area contributed by atoms with Gasteiger partial charge in [-0.1, -0.05) is 27.4 Å². The minimum atomic E-state index is -1.53. The van der Waals surface area contributed by atoms with Gasteiger partial charge in [0, 0.05) is 11.8 Å². The van der Waals surface area contributed by atoms with Gasteiger partial charge in [0.25, 0.3) is 0 Å². The summed E-state index contributed by atoms with van der Waals surface area (Å²) in [5, 5.41) is 62.9. The van der Waals surface area contributed by atoms with Crippen LogP contribution in [0.15, 0.2) is 12.2 Å². The van der Waals surface area contributed by atoms with Gasteiger partial charge in [-0.2, -0.15) is 0 Å². The number of aliphatic carboxylic acids is 1. The molecule has 0 radical (unpaired) electrons. The molecule has 0 unspecified atom stereocenters. The second-order valence-electron chi connectivity index (χ2n) is 16.7. The van der Waals surface area contributed by atoms with Gasteiger partial charge in [0.05, 0.1) is 24.2 Å². The van der Waals surface area contributed by atoms with Crippen LogP contribution in [-0.4, -0.2) is 86.3 Å². The zero-order valence-corrected chi connectivity index (χ0v) is 27.7. The standard InChI is InChI=1S/C35H56O10/c1-18(2)22(45-42)8-7-19(3)20-11-12-32(5)23-9-10-24-33(6,30(40)41)26(44-29-28(39)27(38)21(36)16-43-29)15-25(37)35(24)17-34(23,35)14-13-31(20,32)4/h19-29,36-39,42H,1,7-17H2,2-6H3,(H,40,41)/t19-,20-,21-,22-,23+,24+,25+,26+,27+,28-,29+,31-,32+,33+,34+,35-/m1/s1. The van der Waals surface area contributed by atoms with Crippen molar-refractivity contribution < 1.29 is 49.9 Å². The van der Waals surface area contributed by atoms with Crippen molar-refractivity contribution in [2.75, 3.05) is 6.61 Å². The van der Waals surface area contributed by atoms with E-state index in [1.165, 1.54) is 0 Å². The Bertz CT molecular complexity index is 1180. The van der Waals surface area contributed by atoms with E-state index >= 15 is 0 Å². The van der Waals surface area contributed by atoms with Crippen molar-refractivity contribution in [3.05, 3.63) is 12.2 Å². The zero-order valence-electron chi connectivity index (χ0n) is 27.7. The molecule has 1 saturated heterocycles. The van der Waals surface area contributed by atoms with Crippen molar-refractivity contribution in [2.45, 2.75) is 142 Å². The summed E-state index contributed by atoms with van der Waals surface area (Å²) in [4.78, 5) is 17.9. The summed E-state index contributed by atoms with van der Waals surface area (Å²) >= 11 is 0. The van der Waals surface area contributed by atoms with Crippen LogP contribution in [-0.2, 0) is 19.2 Å². The average Bonchev–Trinajstić information content (AvgIpc) is 3.60. The van der Waals surface area contributed by atoms with Gasteiger partial charge >= 0.3 is 5.97 Å². The summed E-state index contributed by atoms with van der Waals surface area (Å²) in [7, 11) is 0. The highest BCUT2D eigenvalue weighted by Gasteiger charge is 2.86. The van der Waals surface area contributed by atoms with Crippen LogP contribution in [0.1, 0.15) is 98.8 Å². The molecule has 0 aromatic carbocycles. The molecule has 6 fully saturated rings. The SMILES string of the molecule is C=C(C)[C@@H](CC[C@@H](C)[C@H]1CC[C@@]2(C)[C@@H]3CC[C@H]4[C@](C)(C(=O)O)[C@@H](O[C@@H]5OC[C@@H](O)[C@H](O)[C@H]5O)C[C@H](O)[C@@]45C[C@@]35CC[C@]12C)OO. The maximum Gasteiger partial charge on any atom is 0.312 e.